The fourth-order valence-electron chi connectivity index (χ4n) is 3.09. The predicted molar refractivity (Wildman–Crippen MR) is 126 cm³/mol. The van der Waals surface area contributed by atoms with Gasteiger partial charge in [-0.05, 0) is 18.2 Å². The van der Waals surface area contributed by atoms with E-state index in [0.717, 1.165) is 0 Å². The number of anilines is 1. The quantitative estimate of drug-likeness (QED) is 0.161. The predicted octanol–water partition coefficient (Wildman–Crippen LogP) is 8.70. The molecular formula is C25H21F18NO5. The number of halogens is 18. The van der Waals surface area contributed by atoms with Crippen molar-refractivity contribution >= 4 is 23.5 Å². The van der Waals surface area contributed by atoms with E-state index in [-0.39, 0.29) is 0 Å². The van der Waals surface area contributed by atoms with Crippen molar-refractivity contribution in [2.24, 2.45) is 5.41 Å². The molecule has 6 nitrogen and oxygen atoms in total. The largest absolute Gasteiger partial charge is 0.462 e. The van der Waals surface area contributed by atoms with Crippen molar-refractivity contribution in [3.63, 3.8) is 0 Å². The van der Waals surface area contributed by atoms with E-state index >= 15 is 0 Å². The number of ether oxygens (including phenoxy) is 2. The number of alkyl halides is 18. The highest BCUT2D eigenvalue weighted by Crippen LogP contribution is 2.55. The Bertz CT molecular complexity index is 1290. The summed E-state index contributed by atoms with van der Waals surface area (Å²) in [4.78, 5) is 37.1. The Kier molecular flexibility index (Phi) is 12.0. The molecule has 0 unspecified atom stereocenters. The normalized spacial score (nSPS) is 14.4. The van der Waals surface area contributed by atoms with Crippen molar-refractivity contribution < 1.29 is 103 Å². The second-order valence-corrected chi connectivity index (χ2v) is 11.0. The Morgan fingerprint density at radius 1 is 0.531 bits per heavy atom. The summed E-state index contributed by atoms with van der Waals surface area (Å²) in [5.41, 5.74) is -4.02. The summed E-state index contributed by atoms with van der Waals surface area (Å²) in [6, 6.07) is 1.41. The Morgan fingerprint density at radius 3 is 1.10 bits per heavy atom. The maximum atomic E-state index is 13.7. The monoisotopic (exact) mass is 757 g/mol. The molecule has 0 atom stereocenters. The Hall–Kier alpha value is -3.63. The van der Waals surface area contributed by atoms with Gasteiger partial charge in [0, 0.05) is 11.1 Å². The molecule has 1 aromatic carbocycles. The van der Waals surface area contributed by atoms with Crippen LogP contribution in [0.4, 0.5) is 84.7 Å². The molecule has 0 aliphatic heterocycles. The van der Waals surface area contributed by atoms with Gasteiger partial charge in [-0.1, -0.05) is 20.8 Å². The van der Waals surface area contributed by atoms with E-state index in [9.17, 15) is 93.4 Å². The maximum Gasteiger partial charge on any atom is 0.460 e. The summed E-state index contributed by atoms with van der Waals surface area (Å²) < 4.78 is 243. The van der Waals surface area contributed by atoms with E-state index in [1.807, 2.05) is 0 Å². The Balaban J connectivity index is 3.28. The summed E-state index contributed by atoms with van der Waals surface area (Å²) in [6.07, 6.45) is -19.6. The van der Waals surface area contributed by atoms with Crippen LogP contribution < -0.4 is 5.32 Å². The molecule has 0 aliphatic rings. The topological polar surface area (TPSA) is 81.7 Å². The summed E-state index contributed by atoms with van der Waals surface area (Å²) in [5.74, 6) is -45.8. The first-order valence-electron chi connectivity index (χ1n) is 12.7. The van der Waals surface area contributed by atoms with Gasteiger partial charge in [0.15, 0.2) is 0 Å². The molecule has 0 aromatic heterocycles. The first kappa shape index (κ1) is 43.4. The molecule has 1 N–H and O–H groups in total. The van der Waals surface area contributed by atoms with E-state index in [4.69, 9.17) is 0 Å². The van der Waals surface area contributed by atoms with Gasteiger partial charge in [0.05, 0.1) is 37.2 Å². The number of amides is 1. The van der Waals surface area contributed by atoms with Gasteiger partial charge in [-0.15, -0.1) is 0 Å². The highest BCUT2D eigenvalue weighted by Gasteiger charge is 2.82. The van der Waals surface area contributed by atoms with Crippen molar-refractivity contribution in [3.8, 4) is 0 Å². The summed E-state index contributed by atoms with van der Waals surface area (Å²) in [6.45, 7) is -0.108. The van der Waals surface area contributed by atoms with Crippen LogP contribution in [-0.2, 0) is 14.3 Å². The molecular weight excluding hydrogens is 736 g/mol. The lowest BCUT2D eigenvalue weighted by atomic mass is 9.95. The van der Waals surface area contributed by atoms with Crippen LogP contribution in [0.15, 0.2) is 18.2 Å². The van der Waals surface area contributed by atoms with Gasteiger partial charge < -0.3 is 14.8 Å². The highest BCUT2D eigenvalue weighted by molar-refractivity contribution is 6.00. The molecule has 0 saturated carbocycles. The molecule has 0 bridgehead atoms. The number of rotatable bonds is 13. The number of hydrogen-bond acceptors (Lipinski definition) is 5. The number of benzene rings is 1. The van der Waals surface area contributed by atoms with Crippen LogP contribution >= 0.6 is 0 Å². The zero-order chi connectivity index (χ0) is 39.0. The third-order valence-corrected chi connectivity index (χ3v) is 6.06. The Morgan fingerprint density at radius 2 is 0.837 bits per heavy atom. The lowest BCUT2D eigenvalue weighted by Crippen LogP contribution is -2.61. The minimum Gasteiger partial charge on any atom is -0.462 e. The van der Waals surface area contributed by atoms with Gasteiger partial charge >= 0.3 is 59.8 Å². The fourth-order valence-corrected chi connectivity index (χ4v) is 3.09. The number of carbonyl (C=O) groups is 3. The Labute approximate surface area is 262 Å². The van der Waals surface area contributed by atoms with Crippen LogP contribution in [0.3, 0.4) is 0 Å². The van der Waals surface area contributed by atoms with E-state index < -0.39 is 114 Å². The summed E-state index contributed by atoms with van der Waals surface area (Å²) in [7, 11) is 0. The smallest absolute Gasteiger partial charge is 0.460 e. The zero-order valence-corrected chi connectivity index (χ0v) is 24.4. The second-order valence-electron chi connectivity index (χ2n) is 11.0. The molecule has 1 amide bonds. The first-order chi connectivity index (χ1) is 21.5. The number of nitrogens with one attached hydrogen (secondary N) is 1. The highest BCUT2D eigenvalue weighted by atomic mass is 19.4. The summed E-state index contributed by atoms with van der Waals surface area (Å²) in [5, 5.41) is 2.06. The standard InChI is InChI=1S/C25H21F18NO5/c1-17(2,3)16(47)44-13-9-11(14(45)48-6-4-18(26,27)20(30,31)22(34,35)24(38,39)40)8-12(10-13)15(46)49-7-5-19(28,29)21(32,33)23(36,37)25(41,42)43/h8-10H,4-7H2,1-3H3,(H,44,47). The summed E-state index contributed by atoms with van der Waals surface area (Å²) >= 11 is 0. The molecule has 24 heteroatoms. The third-order valence-electron chi connectivity index (χ3n) is 6.06. The van der Waals surface area contributed by atoms with Crippen LogP contribution in [0.25, 0.3) is 0 Å². The molecule has 0 aliphatic carbocycles. The molecule has 0 spiro atoms. The minimum atomic E-state index is -7.26. The number of carbonyl (C=O) groups excluding carboxylic acids is 3. The maximum absolute atomic E-state index is 13.7. The van der Waals surface area contributed by atoms with Gasteiger partial charge in [-0.2, -0.15) is 79.0 Å². The third kappa shape index (κ3) is 8.94. The van der Waals surface area contributed by atoms with Crippen LogP contribution in [0, 0.1) is 5.41 Å². The molecule has 49 heavy (non-hydrogen) atoms. The molecule has 1 aromatic rings. The van der Waals surface area contributed by atoms with Gasteiger partial charge in [0.2, 0.25) is 5.91 Å². The van der Waals surface area contributed by atoms with Crippen molar-refractivity contribution in [1.29, 1.82) is 0 Å². The van der Waals surface area contributed by atoms with E-state index in [0.29, 0.717) is 18.2 Å². The van der Waals surface area contributed by atoms with Crippen LogP contribution in [0.2, 0.25) is 0 Å². The van der Waals surface area contributed by atoms with Crippen LogP contribution in [0.1, 0.15) is 54.3 Å². The second kappa shape index (κ2) is 13.6. The molecule has 282 valence electrons. The minimum absolute atomic E-state index is 0.298. The van der Waals surface area contributed by atoms with Crippen molar-refractivity contribution in [1.82, 2.24) is 0 Å². The van der Waals surface area contributed by atoms with Crippen molar-refractivity contribution in [3.05, 3.63) is 29.3 Å². The molecule has 0 saturated heterocycles. The van der Waals surface area contributed by atoms with E-state index in [1.54, 1.807) is 0 Å². The average Bonchev–Trinajstić information content (AvgIpc) is 2.90. The average molecular weight is 757 g/mol. The molecule has 0 radical (unpaired) electrons. The van der Waals surface area contributed by atoms with Gasteiger partial charge in [0.25, 0.3) is 0 Å². The van der Waals surface area contributed by atoms with Gasteiger partial charge in [0.1, 0.15) is 0 Å². The molecule has 0 heterocycles. The zero-order valence-electron chi connectivity index (χ0n) is 24.4. The van der Waals surface area contributed by atoms with Crippen LogP contribution in [0.5, 0.6) is 0 Å². The SMILES string of the molecule is CC(C)(C)C(=O)Nc1cc(C(=O)OCCC(F)(F)C(F)(F)C(F)(F)C(F)(F)F)cc(C(=O)OCCC(F)(F)C(F)(F)C(F)(F)C(F)(F)F)c1. The van der Waals surface area contributed by atoms with E-state index in [1.165, 1.54) is 20.8 Å². The fraction of sp³-hybridized carbons (Fsp3) is 0.640. The molecule has 0 fully saturated rings. The van der Waals surface area contributed by atoms with Crippen molar-refractivity contribution in [2.75, 3.05) is 18.5 Å². The van der Waals surface area contributed by atoms with E-state index in [2.05, 4.69) is 14.8 Å². The lowest BCUT2D eigenvalue weighted by molar-refractivity contribution is -0.397. The lowest BCUT2D eigenvalue weighted by Gasteiger charge is -2.33. The molecule has 1 rings (SSSR count). The van der Waals surface area contributed by atoms with Gasteiger partial charge in [-0.25, -0.2) is 9.59 Å². The van der Waals surface area contributed by atoms with Crippen molar-refractivity contribution in [2.45, 2.75) is 81.5 Å². The number of esters is 2. The van der Waals surface area contributed by atoms with Gasteiger partial charge in [-0.3, -0.25) is 4.79 Å². The van der Waals surface area contributed by atoms with Crippen LogP contribution in [-0.4, -0.2) is 78.9 Å². The number of hydrogen-bond donors (Lipinski definition) is 1. The first-order valence-corrected chi connectivity index (χ1v) is 12.7.